The number of para-hydroxylation sites is 1. The van der Waals surface area contributed by atoms with Crippen molar-refractivity contribution in [2.45, 2.75) is 26.1 Å². The van der Waals surface area contributed by atoms with E-state index in [1.54, 1.807) is 6.20 Å². The number of morpholine rings is 1. The molecule has 3 aromatic rings. The van der Waals surface area contributed by atoms with Crippen LogP contribution < -0.4 is 9.64 Å². The number of benzene rings is 2. The van der Waals surface area contributed by atoms with Gasteiger partial charge < -0.3 is 14.4 Å². The van der Waals surface area contributed by atoms with E-state index in [2.05, 4.69) is 22.9 Å². The average molecular weight is 373 g/mol. The van der Waals surface area contributed by atoms with E-state index in [1.807, 2.05) is 55.5 Å². The topological polar surface area (TPSA) is 58.4 Å². The lowest BCUT2D eigenvalue weighted by Crippen LogP contribution is -2.49. The first-order valence-corrected chi connectivity index (χ1v) is 9.52. The summed E-state index contributed by atoms with van der Waals surface area (Å²) in [7, 11) is 0. The Morgan fingerprint density at radius 2 is 2.04 bits per heavy atom. The molecule has 0 unspecified atom stereocenters. The van der Waals surface area contributed by atoms with Gasteiger partial charge in [0.1, 0.15) is 24.5 Å². The number of nitrogens with zero attached hydrogens (tertiary/aromatic N) is 3. The van der Waals surface area contributed by atoms with E-state index in [-0.39, 0.29) is 12.2 Å². The monoisotopic (exact) mass is 373 g/mol. The van der Waals surface area contributed by atoms with Gasteiger partial charge >= 0.3 is 0 Å². The van der Waals surface area contributed by atoms with E-state index in [1.165, 1.54) is 0 Å². The molecule has 1 aromatic heterocycles. The summed E-state index contributed by atoms with van der Waals surface area (Å²) >= 11 is 0. The van der Waals surface area contributed by atoms with Crippen LogP contribution in [-0.2, 0) is 4.74 Å². The lowest BCUT2D eigenvalue weighted by atomic mass is 10.1. The summed E-state index contributed by atoms with van der Waals surface area (Å²) in [6, 6.07) is 18.1. The molecule has 0 radical (unpaired) electrons. The van der Waals surface area contributed by atoms with Crippen LogP contribution in [0.1, 0.15) is 18.1 Å². The van der Waals surface area contributed by atoms with Crippen LogP contribution in [0.2, 0.25) is 0 Å². The maximum atomic E-state index is 9.38. The molecule has 28 heavy (non-hydrogen) atoms. The molecule has 0 aliphatic carbocycles. The van der Waals surface area contributed by atoms with Crippen LogP contribution in [0, 0.1) is 18.3 Å². The molecule has 2 heterocycles. The Kier molecular flexibility index (Phi) is 5.14. The molecular weight excluding hydrogens is 350 g/mol. The van der Waals surface area contributed by atoms with Gasteiger partial charge in [0.05, 0.1) is 17.2 Å². The first-order valence-electron chi connectivity index (χ1n) is 9.52. The fourth-order valence-corrected chi connectivity index (χ4v) is 3.76. The molecular formula is C23H23N3O2. The fraction of sp³-hybridized carbons (Fsp3) is 0.304. The molecule has 1 saturated heterocycles. The van der Waals surface area contributed by atoms with Gasteiger partial charge in [-0.25, -0.2) is 0 Å². The highest BCUT2D eigenvalue weighted by Crippen LogP contribution is 2.30. The van der Waals surface area contributed by atoms with Gasteiger partial charge in [0.2, 0.25) is 0 Å². The van der Waals surface area contributed by atoms with Gasteiger partial charge in [-0.05, 0) is 49.7 Å². The van der Waals surface area contributed by atoms with Gasteiger partial charge in [0.15, 0.2) is 0 Å². The second-order valence-corrected chi connectivity index (χ2v) is 7.19. The Balaban J connectivity index is 1.57. The Morgan fingerprint density at radius 3 is 2.86 bits per heavy atom. The highest BCUT2D eigenvalue weighted by Gasteiger charge is 2.27. The Bertz CT molecular complexity index is 1030. The number of pyridine rings is 1. The quantitative estimate of drug-likeness (QED) is 0.689. The molecule has 1 fully saturated rings. The number of ether oxygens (including phenoxy) is 2. The lowest BCUT2D eigenvalue weighted by molar-refractivity contribution is -0.0370. The number of aromatic nitrogens is 1. The van der Waals surface area contributed by atoms with Crippen LogP contribution >= 0.6 is 0 Å². The molecule has 0 bridgehead atoms. The van der Waals surface area contributed by atoms with Gasteiger partial charge in [-0.2, -0.15) is 5.26 Å². The minimum atomic E-state index is -0.0364. The molecule has 4 rings (SSSR count). The van der Waals surface area contributed by atoms with Crippen molar-refractivity contribution in [3.05, 3.63) is 65.9 Å². The fourth-order valence-electron chi connectivity index (χ4n) is 3.76. The summed E-state index contributed by atoms with van der Waals surface area (Å²) in [4.78, 5) is 6.74. The van der Waals surface area contributed by atoms with Crippen LogP contribution in [0.5, 0.6) is 5.75 Å². The van der Waals surface area contributed by atoms with Crippen LogP contribution in [0.15, 0.2) is 54.7 Å². The summed E-state index contributed by atoms with van der Waals surface area (Å²) < 4.78 is 12.1. The third-order valence-electron chi connectivity index (χ3n) is 5.05. The van der Waals surface area contributed by atoms with Crippen molar-refractivity contribution in [1.82, 2.24) is 4.98 Å². The summed E-state index contributed by atoms with van der Waals surface area (Å²) in [6.07, 6.45) is 1.78. The molecule has 142 valence electrons. The molecule has 5 heteroatoms. The standard InChI is InChI=1S/C23H23N3O2/c1-16-6-3-4-8-22(16)27-15-19-14-26(13-17(2)28-19)21-10-9-18(12-24)23-20(21)7-5-11-25-23/h3-11,17,19H,13-15H2,1-2H3/t17-,19-/m1/s1. The van der Waals surface area contributed by atoms with E-state index in [0.29, 0.717) is 12.2 Å². The van der Waals surface area contributed by atoms with Crippen molar-refractivity contribution in [3.63, 3.8) is 0 Å². The predicted octanol–water partition coefficient (Wildman–Crippen LogP) is 4.09. The largest absolute Gasteiger partial charge is 0.491 e. The molecule has 0 spiro atoms. The predicted molar refractivity (Wildman–Crippen MR) is 110 cm³/mol. The third kappa shape index (κ3) is 3.64. The summed E-state index contributed by atoms with van der Waals surface area (Å²) in [5.74, 6) is 0.892. The summed E-state index contributed by atoms with van der Waals surface area (Å²) in [5.41, 5.74) is 3.54. The Labute approximate surface area is 165 Å². The third-order valence-corrected chi connectivity index (χ3v) is 5.05. The second-order valence-electron chi connectivity index (χ2n) is 7.19. The van der Waals surface area contributed by atoms with Crippen molar-refractivity contribution in [2.24, 2.45) is 0 Å². The van der Waals surface area contributed by atoms with Gasteiger partial charge in [0.25, 0.3) is 0 Å². The molecule has 5 nitrogen and oxygen atoms in total. The average Bonchev–Trinajstić information content (AvgIpc) is 2.72. The van der Waals surface area contributed by atoms with Crippen molar-refractivity contribution in [3.8, 4) is 11.8 Å². The van der Waals surface area contributed by atoms with E-state index >= 15 is 0 Å². The molecule has 2 atom stereocenters. The number of hydrogen-bond donors (Lipinski definition) is 0. The summed E-state index contributed by atoms with van der Waals surface area (Å²) in [5, 5.41) is 10.4. The maximum absolute atomic E-state index is 9.38. The highest BCUT2D eigenvalue weighted by molar-refractivity contribution is 5.95. The van der Waals surface area contributed by atoms with Crippen molar-refractivity contribution >= 4 is 16.6 Å². The van der Waals surface area contributed by atoms with Gasteiger partial charge in [0, 0.05) is 30.4 Å². The zero-order valence-electron chi connectivity index (χ0n) is 16.1. The van der Waals surface area contributed by atoms with Crippen LogP contribution in [0.4, 0.5) is 5.69 Å². The minimum absolute atomic E-state index is 0.0364. The molecule has 1 aliphatic rings. The number of nitriles is 1. The second kappa shape index (κ2) is 7.87. The number of aryl methyl sites for hydroxylation is 1. The van der Waals surface area contributed by atoms with Crippen LogP contribution in [-0.4, -0.2) is 36.9 Å². The molecule has 0 N–H and O–H groups in total. The van der Waals surface area contributed by atoms with Crippen LogP contribution in [0.25, 0.3) is 10.9 Å². The molecule has 0 amide bonds. The molecule has 2 aromatic carbocycles. The lowest BCUT2D eigenvalue weighted by Gasteiger charge is -2.38. The number of hydrogen-bond acceptors (Lipinski definition) is 5. The Hall–Kier alpha value is -3.10. The zero-order chi connectivity index (χ0) is 19.5. The van der Waals surface area contributed by atoms with Crippen LogP contribution in [0.3, 0.4) is 0 Å². The number of fused-ring (bicyclic) bond motifs is 1. The number of anilines is 1. The van der Waals surface area contributed by atoms with Gasteiger partial charge in [-0.3, -0.25) is 4.98 Å². The first-order chi connectivity index (χ1) is 13.7. The van der Waals surface area contributed by atoms with Gasteiger partial charge in [-0.15, -0.1) is 0 Å². The van der Waals surface area contributed by atoms with Crippen molar-refractivity contribution < 1.29 is 9.47 Å². The molecule has 0 saturated carbocycles. The molecule has 1 aliphatic heterocycles. The summed E-state index contributed by atoms with van der Waals surface area (Å²) in [6.45, 7) is 6.14. The number of rotatable bonds is 4. The maximum Gasteiger partial charge on any atom is 0.122 e. The minimum Gasteiger partial charge on any atom is -0.491 e. The van der Waals surface area contributed by atoms with E-state index in [4.69, 9.17) is 9.47 Å². The van der Waals surface area contributed by atoms with Gasteiger partial charge in [-0.1, -0.05) is 18.2 Å². The van der Waals surface area contributed by atoms with Crippen molar-refractivity contribution in [2.75, 3.05) is 24.6 Å². The highest BCUT2D eigenvalue weighted by atomic mass is 16.5. The normalized spacial score (nSPS) is 19.4. The van der Waals surface area contributed by atoms with E-state index in [0.717, 1.165) is 41.0 Å². The van der Waals surface area contributed by atoms with Crippen molar-refractivity contribution in [1.29, 1.82) is 5.26 Å². The zero-order valence-corrected chi connectivity index (χ0v) is 16.1. The SMILES string of the molecule is Cc1ccccc1OC[C@H]1CN(c2ccc(C#N)c3ncccc23)C[C@@H](C)O1. The Morgan fingerprint density at radius 1 is 1.18 bits per heavy atom. The smallest absolute Gasteiger partial charge is 0.122 e. The first kappa shape index (κ1) is 18.3. The van der Waals surface area contributed by atoms with E-state index < -0.39 is 0 Å². The van der Waals surface area contributed by atoms with E-state index in [9.17, 15) is 5.26 Å².